The molecule has 1 saturated heterocycles. The Bertz CT molecular complexity index is 440. The van der Waals surface area contributed by atoms with E-state index in [1.54, 1.807) is 6.08 Å². The van der Waals surface area contributed by atoms with E-state index in [1.807, 2.05) is 13.8 Å². The number of ether oxygens (including phenoxy) is 2. The number of carbonyl (C=O) groups excluding carboxylic acids is 1. The summed E-state index contributed by atoms with van der Waals surface area (Å²) in [6.45, 7) is 10.3. The van der Waals surface area contributed by atoms with E-state index in [2.05, 4.69) is 41.6 Å². The fraction of sp³-hybridized carbons (Fsp3) is 0.611. The van der Waals surface area contributed by atoms with Gasteiger partial charge in [0.05, 0.1) is 12.7 Å². The number of rotatable bonds is 10. The molecule has 0 aromatic carbocycles. The third-order valence-corrected chi connectivity index (χ3v) is 3.83. The van der Waals surface area contributed by atoms with E-state index >= 15 is 0 Å². The summed E-state index contributed by atoms with van der Waals surface area (Å²) in [7, 11) is 0. The quantitative estimate of drug-likeness (QED) is 0.237. The molecule has 0 unspecified atom stereocenters. The maximum absolute atomic E-state index is 11.3. The Morgan fingerprint density at radius 1 is 1.50 bits per heavy atom. The second kappa shape index (κ2) is 10.0. The van der Waals surface area contributed by atoms with Gasteiger partial charge in [0.1, 0.15) is 6.10 Å². The lowest BCUT2D eigenvalue weighted by Crippen LogP contribution is -2.01. The van der Waals surface area contributed by atoms with Gasteiger partial charge in [-0.15, -0.1) is 0 Å². The summed E-state index contributed by atoms with van der Waals surface area (Å²) >= 11 is 3.40. The monoisotopic (exact) mass is 370 g/mol. The second-order valence-corrected chi connectivity index (χ2v) is 7.03. The van der Waals surface area contributed by atoms with Crippen molar-refractivity contribution in [3.63, 3.8) is 0 Å². The maximum Gasteiger partial charge on any atom is 0.330 e. The van der Waals surface area contributed by atoms with Gasteiger partial charge >= 0.3 is 5.97 Å². The molecule has 22 heavy (non-hydrogen) atoms. The first-order chi connectivity index (χ1) is 10.4. The molecular weight excluding hydrogens is 344 g/mol. The second-order valence-electron chi connectivity index (χ2n) is 5.91. The van der Waals surface area contributed by atoms with Crippen LogP contribution in [0, 0.1) is 5.92 Å². The number of esters is 1. The highest BCUT2D eigenvalue weighted by atomic mass is 79.9. The van der Waals surface area contributed by atoms with Gasteiger partial charge in [-0.25, -0.2) is 4.79 Å². The molecule has 1 fully saturated rings. The van der Waals surface area contributed by atoms with Crippen LogP contribution >= 0.6 is 15.9 Å². The van der Waals surface area contributed by atoms with Crippen LogP contribution < -0.4 is 0 Å². The molecule has 0 bridgehead atoms. The van der Waals surface area contributed by atoms with Gasteiger partial charge in [0.25, 0.3) is 0 Å². The predicted octanol–water partition coefficient (Wildman–Crippen LogP) is 4.92. The molecule has 1 aliphatic heterocycles. The molecule has 0 aromatic heterocycles. The van der Waals surface area contributed by atoms with Crippen LogP contribution in [0.15, 0.2) is 34.9 Å². The lowest BCUT2D eigenvalue weighted by molar-refractivity contribution is -0.137. The van der Waals surface area contributed by atoms with E-state index in [1.165, 1.54) is 0 Å². The normalized spacial score (nSPS) is 22.6. The Kier molecular flexibility index (Phi) is 8.72. The molecule has 1 aliphatic rings. The van der Waals surface area contributed by atoms with Crippen LogP contribution in [-0.4, -0.2) is 24.8 Å². The van der Waals surface area contributed by atoms with Crippen LogP contribution in [-0.2, 0) is 14.3 Å². The Labute approximate surface area is 142 Å². The van der Waals surface area contributed by atoms with E-state index in [0.717, 1.165) is 35.7 Å². The maximum atomic E-state index is 11.3. The minimum atomic E-state index is -0.253. The van der Waals surface area contributed by atoms with Crippen LogP contribution in [0.1, 0.15) is 46.5 Å². The van der Waals surface area contributed by atoms with Gasteiger partial charge in [-0.3, -0.25) is 0 Å². The van der Waals surface area contributed by atoms with Crippen molar-refractivity contribution in [2.24, 2.45) is 5.92 Å². The van der Waals surface area contributed by atoms with Crippen LogP contribution in [0.4, 0.5) is 0 Å². The molecule has 1 rings (SSSR count). The van der Waals surface area contributed by atoms with Crippen LogP contribution in [0.25, 0.3) is 0 Å². The highest BCUT2D eigenvalue weighted by Gasteiger charge is 2.36. The first-order valence-electron chi connectivity index (χ1n) is 7.91. The Morgan fingerprint density at radius 2 is 2.23 bits per heavy atom. The van der Waals surface area contributed by atoms with E-state index < -0.39 is 0 Å². The standard InChI is InChI=1S/C18H27BrO3/c1-5-21-18(20)12-13(2)8-6-7-9-16-17(22-16)11-14(3)10-15(4)19/h7,9,12,14,16-17H,4-6,8,10-11H2,1-3H3/b9-7+,13-12+/t14-,16+,17+/m1/s1. The molecule has 124 valence electrons. The molecule has 4 heteroatoms. The zero-order valence-corrected chi connectivity index (χ0v) is 15.4. The van der Waals surface area contributed by atoms with Gasteiger partial charge in [-0.05, 0) is 49.9 Å². The molecule has 0 amide bonds. The molecule has 0 saturated carbocycles. The van der Waals surface area contributed by atoms with Crippen molar-refractivity contribution in [2.75, 3.05) is 6.61 Å². The van der Waals surface area contributed by atoms with Crippen molar-refractivity contribution in [3.05, 3.63) is 34.9 Å². The molecule has 0 N–H and O–H groups in total. The summed E-state index contributed by atoms with van der Waals surface area (Å²) < 4.78 is 11.6. The minimum Gasteiger partial charge on any atom is -0.463 e. The molecule has 0 aliphatic carbocycles. The number of hydrogen-bond acceptors (Lipinski definition) is 3. The van der Waals surface area contributed by atoms with Gasteiger partial charge in [0.2, 0.25) is 0 Å². The summed E-state index contributed by atoms with van der Waals surface area (Å²) in [6, 6.07) is 0. The van der Waals surface area contributed by atoms with Gasteiger partial charge in [0, 0.05) is 6.08 Å². The van der Waals surface area contributed by atoms with Gasteiger partial charge in [0.15, 0.2) is 0 Å². The summed E-state index contributed by atoms with van der Waals surface area (Å²) in [6.07, 6.45) is 10.3. The molecule has 1 heterocycles. The number of hydrogen-bond donors (Lipinski definition) is 0. The summed E-state index contributed by atoms with van der Waals surface area (Å²) in [5.41, 5.74) is 1.04. The molecule has 3 atom stereocenters. The average molecular weight is 371 g/mol. The molecule has 3 nitrogen and oxygen atoms in total. The topological polar surface area (TPSA) is 38.8 Å². The SMILES string of the molecule is C=C(Br)C[C@@H](C)C[C@@H]1O[C@H]1/C=C/CC/C(C)=C/C(=O)OCC. The van der Waals surface area contributed by atoms with Crippen molar-refractivity contribution < 1.29 is 14.3 Å². The Balaban J connectivity index is 2.17. The van der Waals surface area contributed by atoms with Crippen molar-refractivity contribution in [1.29, 1.82) is 0 Å². The van der Waals surface area contributed by atoms with Gasteiger partial charge < -0.3 is 9.47 Å². The number of carbonyl (C=O) groups is 1. The largest absolute Gasteiger partial charge is 0.463 e. The third kappa shape index (κ3) is 8.54. The fourth-order valence-corrected chi connectivity index (χ4v) is 2.92. The van der Waals surface area contributed by atoms with E-state index in [0.29, 0.717) is 18.6 Å². The first-order valence-corrected chi connectivity index (χ1v) is 8.71. The van der Waals surface area contributed by atoms with Crippen molar-refractivity contribution in [1.82, 2.24) is 0 Å². The lowest BCUT2D eigenvalue weighted by Gasteiger charge is -2.07. The molecule has 0 radical (unpaired) electrons. The molecule has 0 spiro atoms. The molecular formula is C18H27BrO3. The van der Waals surface area contributed by atoms with Crippen LogP contribution in [0.3, 0.4) is 0 Å². The van der Waals surface area contributed by atoms with Crippen molar-refractivity contribution in [3.8, 4) is 0 Å². The lowest BCUT2D eigenvalue weighted by atomic mass is 10.0. The van der Waals surface area contributed by atoms with E-state index in [9.17, 15) is 4.79 Å². The summed E-state index contributed by atoms with van der Waals surface area (Å²) in [5.74, 6) is 0.335. The number of allylic oxidation sites excluding steroid dienone is 3. The van der Waals surface area contributed by atoms with E-state index in [4.69, 9.17) is 9.47 Å². The van der Waals surface area contributed by atoms with Crippen LogP contribution in [0.5, 0.6) is 0 Å². The highest BCUT2D eigenvalue weighted by Crippen LogP contribution is 2.32. The fourth-order valence-electron chi connectivity index (χ4n) is 2.37. The number of epoxide rings is 1. The van der Waals surface area contributed by atoms with Gasteiger partial charge in [-0.1, -0.05) is 47.2 Å². The van der Waals surface area contributed by atoms with E-state index in [-0.39, 0.29) is 12.1 Å². The third-order valence-electron chi connectivity index (χ3n) is 3.51. The van der Waals surface area contributed by atoms with Crippen LogP contribution in [0.2, 0.25) is 0 Å². The minimum absolute atomic E-state index is 0.253. The summed E-state index contributed by atoms with van der Waals surface area (Å²) in [4.78, 5) is 11.3. The highest BCUT2D eigenvalue weighted by molar-refractivity contribution is 9.11. The van der Waals surface area contributed by atoms with Crippen molar-refractivity contribution >= 4 is 21.9 Å². The molecule has 0 aromatic rings. The van der Waals surface area contributed by atoms with Crippen molar-refractivity contribution in [2.45, 2.75) is 58.7 Å². The predicted molar refractivity (Wildman–Crippen MR) is 93.9 cm³/mol. The zero-order valence-electron chi connectivity index (χ0n) is 13.8. The van der Waals surface area contributed by atoms with Gasteiger partial charge in [-0.2, -0.15) is 0 Å². The smallest absolute Gasteiger partial charge is 0.330 e. The Morgan fingerprint density at radius 3 is 2.86 bits per heavy atom. The Hall–Kier alpha value is -0.870. The zero-order chi connectivity index (χ0) is 16.5. The average Bonchev–Trinajstić information content (AvgIpc) is 3.11. The first kappa shape index (κ1) is 19.2. The summed E-state index contributed by atoms with van der Waals surface area (Å²) in [5, 5.41) is 0. The number of halogens is 1.